The molecule has 0 aromatic rings. The zero-order chi connectivity index (χ0) is 7.84. The molecular formula is C11H20. The van der Waals surface area contributed by atoms with E-state index in [9.17, 15) is 0 Å². The SMILES string of the molecule is CCC1CC2CC1CC2CC. The van der Waals surface area contributed by atoms with Crippen LogP contribution in [0.4, 0.5) is 0 Å². The molecule has 0 spiro atoms. The first-order valence-electron chi connectivity index (χ1n) is 5.35. The summed E-state index contributed by atoms with van der Waals surface area (Å²) in [6, 6.07) is 0. The number of hydrogen-bond acceptors (Lipinski definition) is 0. The first kappa shape index (κ1) is 7.64. The first-order chi connectivity index (χ1) is 5.35. The Labute approximate surface area is 70.4 Å². The van der Waals surface area contributed by atoms with Crippen LogP contribution in [0.1, 0.15) is 46.0 Å². The Morgan fingerprint density at radius 2 is 1.27 bits per heavy atom. The molecule has 2 rings (SSSR count). The van der Waals surface area contributed by atoms with Gasteiger partial charge in [0.05, 0.1) is 0 Å². The largest absolute Gasteiger partial charge is 0.0651 e. The highest BCUT2D eigenvalue weighted by Crippen LogP contribution is 2.53. The number of fused-ring (bicyclic) bond motifs is 2. The lowest BCUT2D eigenvalue weighted by molar-refractivity contribution is 0.247. The minimum Gasteiger partial charge on any atom is -0.0651 e. The van der Waals surface area contributed by atoms with Crippen LogP contribution in [0, 0.1) is 23.7 Å². The van der Waals surface area contributed by atoms with Crippen LogP contribution in [0.3, 0.4) is 0 Å². The molecule has 64 valence electrons. The van der Waals surface area contributed by atoms with Gasteiger partial charge < -0.3 is 0 Å². The number of rotatable bonds is 2. The molecule has 0 radical (unpaired) electrons. The van der Waals surface area contributed by atoms with Gasteiger partial charge in [-0.1, -0.05) is 26.7 Å². The van der Waals surface area contributed by atoms with Gasteiger partial charge in [-0.3, -0.25) is 0 Å². The maximum absolute atomic E-state index is 2.37. The van der Waals surface area contributed by atoms with E-state index in [0.29, 0.717) is 0 Å². The Hall–Kier alpha value is 0. The van der Waals surface area contributed by atoms with Gasteiger partial charge in [0.1, 0.15) is 0 Å². The molecule has 0 N–H and O–H groups in total. The summed E-state index contributed by atoms with van der Waals surface area (Å²) in [5.74, 6) is 4.50. The van der Waals surface area contributed by atoms with Crippen LogP contribution in [0.25, 0.3) is 0 Å². The van der Waals surface area contributed by atoms with Crippen molar-refractivity contribution in [3.8, 4) is 0 Å². The monoisotopic (exact) mass is 152 g/mol. The lowest BCUT2D eigenvalue weighted by Crippen LogP contribution is -2.16. The molecule has 11 heavy (non-hydrogen) atoms. The Bertz CT molecular complexity index is 123. The second kappa shape index (κ2) is 2.80. The van der Waals surface area contributed by atoms with E-state index < -0.39 is 0 Å². The highest BCUT2D eigenvalue weighted by atomic mass is 14.5. The van der Waals surface area contributed by atoms with Gasteiger partial charge in [0.15, 0.2) is 0 Å². The third-order valence-corrected chi connectivity index (χ3v) is 4.20. The molecule has 0 amide bonds. The summed E-state index contributed by atoms with van der Waals surface area (Å²) >= 11 is 0. The van der Waals surface area contributed by atoms with Gasteiger partial charge in [-0.15, -0.1) is 0 Å². The predicted octanol–water partition coefficient (Wildman–Crippen LogP) is 3.47. The van der Waals surface area contributed by atoms with Crippen LogP contribution in [0.15, 0.2) is 0 Å². The highest BCUT2D eigenvalue weighted by Gasteiger charge is 2.43. The lowest BCUT2D eigenvalue weighted by atomic mass is 9.80. The van der Waals surface area contributed by atoms with Crippen molar-refractivity contribution in [3.05, 3.63) is 0 Å². The molecule has 0 nitrogen and oxygen atoms in total. The molecule has 4 unspecified atom stereocenters. The summed E-state index contributed by atoms with van der Waals surface area (Å²) in [6.07, 6.45) is 7.60. The van der Waals surface area contributed by atoms with Crippen LogP contribution < -0.4 is 0 Å². The summed E-state index contributed by atoms with van der Waals surface area (Å²) in [5.41, 5.74) is 0. The highest BCUT2D eigenvalue weighted by molar-refractivity contribution is 4.93. The van der Waals surface area contributed by atoms with Crippen LogP contribution >= 0.6 is 0 Å². The van der Waals surface area contributed by atoms with Crippen molar-refractivity contribution >= 4 is 0 Å². The second-order valence-electron chi connectivity index (χ2n) is 4.56. The molecule has 0 aliphatic heterocycles. The Morgan fingerprint density at radius 3 is 1.55 bits per heavy atom. The normalized spacial score (nSPS) is 48.5. The molecule has 2 bridgehead atoms. The fraction of sp³-hybridized carbons (Fsp3) is 1.00. The van der Waals surface area contributed by atoms with E-state index in [1.807, 2.05) is 0 Å². The third-order valence-electron chi connectivity index (χ3n) is 4.20. The molecule has 0 heterocycles. The zero-order valence-electron chi connectivity index (χ0n) is 7.84. The van der Waals surface area contributed by atoms with Gasteiger partial charge in [0.25, 0.3) is 0 Å². The fourth-order valence-corrected chi connectivity index (χ4v) is 3.51. The average molecular weight is 152 g/mol. The molecular weight excluding hydrogens is 132 g/mol. The molecule has 0 aromatic heterocycles. The van der Waals surface area contributed by atoms with Crippen molar-refractivity contribution in [1.29, 1.82) is 0 Å². The standard InChI is InChI=1S/C11H20/c1-3-8-5-11-7-10(8)6-9(11)4-2/h8-11H,3-7H2,1-2H3. The van der Waals surface area contributed by atoms with Crippen LogP contribution in [0.2, 0.25) is 0 Å². The van der Waals surface area contributed by atoms with Crippen molar-refractivity contribution in [2.24, 2.45) is 23.7 Å². The van der Waals surface area contributed by atoms with E-state index >= 15 is 0 Å². The second-order valence-corrected chi connectivity index (χ2v) is 4.56. The first-order valence-corrected chi connectivity index (χ1v) is 5.35. The van der Waals surface area contributed by atoms with E-state index in [1.165, 1.54) is 12.8 Å². The maximum atomic E-state index is 2.37. The van der Waals surface area contributed by atoms with Crippen molar-refractivity contribution in [1.82, 2.24) is 0 Å². The summed E-state index contributed by atoms with van der Waals surface area (Å²) in [4.78, 5) is 0. The van der Waals surface area contributed by atoms with Crippen LogP contribution in [0.5, 0.6) is 0 Å². The Balaban J connectivity index is 1.97. The van der Waals surface area contributed by atoms with Crippen molar-refractivity contribution in [3.63, 3.8) is 0 Å². The van der Waals surface area contributed by atoms with Crippen LogP contribution in [-0.2, 0) is 0 Å². The van der Waals surface area contributed by atoms with E-state index in [-0.39, 0.29) is 0 Å². The van der Waals surface area contributed by atoms with E-state index in [4.69, 9.17) is 0 Å². The third kappa shape index (κ3) is 1.11. The van der Waals surface area contributed by atoms with Crippen LogP contribution in [-0.4, -0.2) is 0 Å². The van der Waals surface area contributed by atoms with Gasteiger partial charge >= 0.3 is 0 Å². The van der Waals surface area contributed by atoms with Crippen molar-refractivity contribution < 1.29 is 0 Å². The van der Waals surface area contributed by atoms with Crippen molar-refractivity contribution in [2.45, 2.75) is 46.0 Å². The fourth-order valence-electron chi connectivity index (χ4n) is 3.51. The van der Waals surface area contributed by atoms with Gasteiger partial charge in [0.2, 0.25) is 0 Å². The molecule has 2 aliphatic rings. The summed E-state index contributed by atoms with van der Waals surface area (Å²) in [5, 5.41) is 0. The molecule has 2 aliphatic carbocycles. The molecule has 4 atom stereocenters. The summed E-state index contributed by atoms with van der Waals surface area (Å²) in [6.45, 7) is 4.73. The van der Waals surface area contributed by atoms with Gasteiger partial charge in [-0.2, -0.15) is 0 Å². The molecule has 0 saturated heterocycles. The molecule has 2 fully saturated rings. The quantitative estimate of drug-likeness (QED) is 0.568. The smallest absolute Gasteiger partial charge is 0.0380 e. The molecule has 0 aromatic carbocycles. The van der Waals surface area contributed by atoms with E-state index in [1.54, 1.807) is 19.3 Å². The lowest BCUT2D eigenvalue weighted by Gasteiger charge is -2.26. The van der Waals surface area contributed by atoms with Crippen molar-refractivity contribution in [2.75, 3.05) is 0 Å². The van der Waals surface area contributed by atoms with E-state index in [2.05, 4.69) is 13.8 Å². The number of hydrogen-bond donors (Lipinski definition) is 0. The van der Waals surface area contributed by atoms with E-state index in [0.717, 1.165) is 23.7 Å². The summed E-state index contributed by atoms with van der Waals surface area (Å²) < 4.78 is 0. The average Bonchev–Trinajstić information content (AvgIpc) is 2.60. The zero-order valence-corrected chi connectivity index (χ0v) is 7.84. The van der Waals surface area contributed by atoms with Gasteiger partial charge in [-0.25, -0.2) is 0 Å². The molecule has 0 heteroatoms. The maximum Gasteiger partial charge on any atom is -0.0380 e. The van der Waals surface area contributed by atoms with Gasteiger partial charge in [0, 0.05) is 0 Å². The topological polar surface area (TPSA) is 0 Å². The minimum absolute atomic E-state index is 1.11. The predicted molar refractivity (Wildman–Crippen MR) is 48.4 cm³/mol. The minimum atomic E-state index is 1.11. The Kier molecular flexibility index (Phi) is 1.95. The Morgan fingerprint density at radius 1 is 0.818 bits per heavy atom. The molecule has 2 saturated carbocycles. The van der Waals surface area contributed by atoms with Gasteiger partial charge in [-0.05, 0) is 42.9 Å². The summed E-state index contributed by atoms with van der Waals surface area (Å²) in [7, 11) is 0.